The van der Waals surface area contributed by atoms with Crippen molar-refractivity contribution in [2.45, 2.75) is 32.5 Å². The Labute approximate surface area is 119 Å². The minimum absolute atomic E-state index is 0.158. The third-order valence-corrected chi connectivity index (χ3v) is 3.13. The summed E-state index contributed by atoms with van der Waals surface area (Å²) in [4.78, 5) is 15.0. The van der Waals surface area contributed by atoms with Gasteiger partial charge in [0.1, 0.15) is 23.1 Å². The molecule has 0 aliphatic rings. The number of pyridine rings is 1. The number of hydrogen-bond donors (Lipinski definition) is 0. The van der Waals surface area contributed by atoms with Crippen molar-refractivity contribution in [3.8, 4) is 11.4 Å². The molecule has 0 bridgehead atoms. The van der Waals surface area contributed by atoms with E-state index < -0.39 is 17.3 Å². The molecular formula is C14H14F3N3O. The Kier molecular flexibility index (Phi) is 3.61. The van der Waals surface area contributed by atoms with Gasteiger partial charge in [0.05, 0.1) is 5.69 Å². The molecular weight excluding hydrogens is 283 g/mol. The second-order valence-corrected chi connectivity index (χ2v) is 5.27. The van der Waals surface area contributed by atoms with Crippen molar-refractivity contribution in [3.63, 3.8) is 0 Å². The van der Waals surface area contributed by atoms with Gasteiger partial charge in [-0.05, 0) is 32.4 Å². The number of carbonyl (C=O) groups is 1. The second kappa shape index (κ2) is 4.98. The highest BCUT2D eigenvalue weighted by Crippen LogP contribution is 2.37. The van der Waals surface area contributed by atoms with Crippen molar-refractivity contribution >= 4 is 6.29 Å². The zero-order valence-electron chi connectivity index (χ0n) is 11.8. The number of nitrogens with zero attached hydrogens (tertiary/aromatic N) is 3. The van der Waals surface area contributed by atoms with E-state index in [1.165, 1.54) is 20.0 Å². The average molecular weight is 297 g/mol. The predicted octanol–water partition coefficient (Wildman–Crippen LogP) is 3.21. The fraction of sp³-hybridized carbons (Fsp3) is 0.357. The third-order valence-electron chi connectivity index (χ3n) is 3.13. The number of hydrogen-bond acceptors (Lipinski definition) is 3. The molecule has 7 heteroatoms. The summed E-state index contributed by atoms with van der Waals surface area (Å²) in [5.41, 5.74) is -1.60. The molecule has 0 unspecified atom stereocenters. The van der Waals surface area contributed by atoms with Crippen molar-refractivity contribution in [1.29, 1.82) is 0 Å². The van der Waals surface area contributed by atoms with E-state index in [9.17, 15) is 18.0 Å². The predicted molar refractivity (Wildman–Crippen MR) is 70.6 cm³/mol. The SMILES string of the molecule is Cc1cccnc1-c1nn(C(C)(C)C=O)cc1C(F)(F)F. The molecule has 0 saturated carbocycles. The molecule has 0 aromatic carbocycles. The summed E-state index contributed by atoms with van der Waals surface area (Å²) < 4.78 is 40.6. The standard InChI is InChI=1S/C14H14F3N3O/c1-9-5-4-6-18-11(9)12-10(14(15,16)17)7-20(19-12)13(2,3)8-21/h4-8H,1-3H3. The van der Waals surface area contributed by atoms with E-state index in [1.807, 2.05) is 0 Å². The molecule has 0 N–H and O–H groups in total. The van der Waals surface area contributed by atoms with Gasteiger partial charge >= 0.3 is 6.18 Å². The van der Waals surface area contributed by atoms with Gasteiger partial charge in [-0.15, -0.1) is 0 Å². The van der Waals surface area contributed by atoms with Crippen molar-refractivity contribution in [2.75, 3.05) is 0 Å². The maximum absolute atomic E-state index is 13.2. The summed E-state index contributed by atoms with van der Waals surface area (Å²) in [6, 6.07) is 3.30. The maximum atomic E-state index is 13.2. The van der Waals surface area contributed by atoms with E-state index in [-0.39, 0.29) is 11.4 Å². The number of aryl methyl sites for hydroxylation is 1. The lowest BCUT2D eigenvalue weighted by Gasteiger charge is -2.17. The van der Waals surface area contributed by atoms with Gasteiger partial charge in [0, 0.05) is 12.4 Å². The molecule has 0 aliphatic carbocycles. The van der Waals surface area contributed by atoms with Crippen LogP contribution in [-0.2, 0) is 16.5 Å². The monoisotopic (exact) mass is 297 g/mol. The van der Waals surface area contributed by atoms with E-state index >= 15 is 0 Å². The van der Waals surface area contributed by atoms with Crippen LogP contribution >= 0.6 is 0 Å². The fourth-order valence-electron chi connectivity index (χ4n) is 1.84. The average Bonchev–Trinajstić information content (AvgIpc) is 2.85. The van der Waals surface area contributed by atoms with Crippen LogP contribution in [0.2, 0.25) is 0 Å². The fourth-order valence-corrected chi connectivity index (χ4v) is 1.84. The zero-order valence-corrected chi connectivity index (χ0v) is 11.8. The van der Waals surface area contributed by atoms with E-state index in [4.69, 9.17) is 0 Å². The number of carbonyl (C=O) groups excluding carboxylic acids is 1. The molecule has 0 spiro atoms. The van der Waals surface area contributed by atoms with E-state index in [1.54, 1.807) is 19.1 Å². The van der Waals surface area contributed by atoms with Crippen LogP contribution in [0, 0.1) is 6.92 Å². The molecule has 0 amide bonds. The van der Waals surface area contributed by atoms with Crippen molar-refractivity contribution in [1.82, 2.24) is 14.8 Å². The van der Waals surface area contributed by atoms with Gasteiger partial charge in [-0.3, -0.25) is 9.67 Å². The molecule has 0 fully saturated rings. The van der Waals surface area contributed by atoms with E-state index in [0.29, 0.717) is 11.8 Å². The summed E-state index contributed by atoms with van der Waals surface area (Å²) in [5, 5.41) is 3.95. The van der Waals surface area contributed by atoms with Crippen LogP contribution < -0.4 is 0 Å². The summed E-state index contributed by atoms with van der Waals surface area (Å²) in [6.45, 7) is 4.64. The molecule has 2 heterocycles. The molecule has 4 nitrogen and oxygen atoms in total. The first-order valence-corrected chi connectivity index (χ1v) is 6.22. The third kappa shape index (κ3) is 2.81. The lowest BCUT2D eigenvalue weighted by atomic mass is 10.1. The normalized spacial score (nSPS) is 12.5. The van der Waals surface area contributed by atoms with Crippen LogP contribution in [0.4, 0.5) is 13.2 Å². The molecule has 0 saturated heterocycles. The lowest BCUT2D eigenvalue weighted by molar-refractivity contribution is -0.137. The smallest absolute Gasteiger partial charge is 0.301 e. The lowest BCUT2D eigenvalue weighted by Crippen LogP contribution is -2.28. The molecule has 2 aromatic rings. The number of rotatable bonds is 3. The van der Waals surface area contributed by atoms with Crippen LogP contribution in [-0.4, -0.2) is 21.1 Å². The highest BCUT2D eigenvalue weighted by atomic mass is 19.4. The van der Waals surface area contributed by atoms with Gasteiger partial charge in [-0.2, -0.15) is 18.3 Å². The Balaban J connectivity index is 2.71. The van der Waals surface area contributed by atoms with Gasteiger partial charge in [-0.1, -0.05) is 6.07 Å². The largest absolute Gasteiger partial charge is 0.420 e. The molecule has 0 radical (unpaired) electrons. The number of aldehydes is 1. The number of halogens is 3. The first-order valence-electron chi connectivity index (χ1n) is 6.22. The number of alkyl halides is 3. The second-order valence-electron chi connectivity index (χ2n) is 5.27. The van der Waals surface area contributed by atoms with Crippen LogP contribution in [0.3, 0.4) is 0 Å². The van der Waals surface area contributed by atoms with Crippen molar-refractivity contribution in [2.24, 2.45) is 0 Å². The van der Waals surface area contributed by atoms with Crippen molar-refractivity contribution in [3.05, 3.63) is 35.7 Å². The van der Waals surface area contributed by atoms with Crippen molar-refractivity contribution < 1.29 is 18.0 Å². The summed E-state index contributed by atoms with van der Waals surface area (Å²) in [7, 11) is 0. The molecule has 112 valence electrons. The topological polar surface area (TPSA) is 47.8 Å². The molecule has 21 heavy (non-hydrogen) atoms. The molecule has 0 aliphatic heterocycles. The Hall–Kier alpha value is -2.18. The Bertz CT molecular complexity index is 674. The Morgan fingerprint density at radius 2 is 1.90 bits per heavy atom. The molecule has 2 rings (SSSR count). The van der Waals surface area contributed by atoms with Gasteiger partial charge < -0.3 is 4.79 Å². The number of aromatic nitrogens is 3. The summed E-state index contributed by atoms with van der Waals surface area (Å²) in [5.74, 6) is 0. The van der Waals surface area contributed by atoms with Gasteiger partial charge in [0.15, 0.2) is 0 Å². The summed E-state index contributed by atoms with van der Waals surface area (Å²) in [6.07, 6.45) is -1.77. The van der Waals surface area contributed by atoms with E-state index in [2.05, 4.69) is 10.1 Å². The first-order chi connectivity index (χ1) is 9.66. The van der Waals surface area contributed by atoms with Crippen LogP contribution in [0.15, 0.2) is 24.5 Å². The maximum Gasteiger partial charge on any atom is 0.420 e. The Morgan fingerprint density at radius 3 is 2.43 bits per heavy atom. The van der Waals surface area contributed by atoms with Gasteiger partial charge in [0.25, 0.3) is 0 Å². The minimum Gasteiger partial charge on any atom is -0.301 e. The highest BCUT2D eigenvalue weighted by Gasteiger charge is 2.38. The van der Waals surface area contributed by atoms with Crippen LogP contribution in [0.1, 0.15) is 25.0 Å². The molecule has 2 aromatic heterocycles. The van der Waals surface area contributed by atoms with Crippen LogP contribution in [0.25, 0.3) is 11.4 Å². The minimum atomic E-state index is -4.57. The zero-order chi connectivity index (χ0) is 15.8. The summed E-state index contributed by atoms with van der Waals surface area (Å²) >= 11 is 0. The van der Waals surface area contributed by atoms with Gasteiger partial charge in [0.2, 0.25) is 0 Å². The van der Waals surface area contributed by atoms with Gasteiger partial charge in [-0.25, -0.2) is 0 Å². The van der Waals surface area contributed by atoms with Crippen LogP contribution in [0.5, 0.6) is 0 Å². The first kappa shape index (κ1) is 15.2. The quantitative estimate of drug-likeness (QED) is 0.817. The van der Waals surface area contributed by atoms with E-state index in [0.717, 1.165) is 10.9 Å². The molecule has 0 atom stereocenters. The Morgan fingerprint density at radius 1 is 1.24 bits per heavy atom. The highest BCUT2D eigenvalue weighted by molar-refractivity contribution is 5.65.